The molecule has 3 rings (SSSR count). The van der Waals surface area contributed by atoms with Gasteiger partial charge in [0.25, 0.3) is 0 Å². The van der Waals surface area contributed by atoms with Crippen LogP contribution in [0.25, 0.3) is 0 Å². The Balaban J connectivity index is 1.65. The Hall–Kier alpha value is -1.80. The molecule has 1 aliphatic carbocycles. The number of benzene rings is 2. The Morgan fingerprint density at radius 2 is 1.67 bits per heavy atom. The van der Waals surface area contributed by atoms with Gasteiger partial charge in [-0.1, -0.05) is 42.5 Å². The molecule has 0 spiro atoms. The summed E-state index contributed by atoms with van der Waals surface area (Å²) in [6, 6.07) is 19.0. The van der Waals surface area contributed by atoms with Gasteiger partial charge in [-0.05, 0) is 55.4 Å². The average molecular weight is 281 g/mol. The molecule has 3 unspecified atom stereocenters. The molecule has 21 heavy (non-hydrogen) atoms. The van der Waals surface area contributed by atoms with Crippen LogP contribution < -0.4 is 10.5 Å². The fraction of sp³-hybridized carbons (Fsp3) is 0.368. The lowest BCUT2D eigenvalue weighted by Crippen LogP contribution is -2.13. The third-order valence-corrected chi connectivity index (χ3v) is 4.17. The van der Waals surface area contributed by atoms with Crippen molar-refractivity contribution in [2.45, 2.75) is 38.3 Å². The lowest BCUT2D eigenvalue weighted by molar-refractivity contribution is 0.242. The molecule has 0 heterocycles. The highest BCUT2D eigenvalue weighted by Gasteiger charge is 2.42. The average Bonchev–Trinajstić information content (AvgIpc) is 3.28. The number of nitrogens with two attached hydrogens (primary N) is 1. The van der Waals surface area contributed by atoms with Crippen LogP contribution in [0.1, 0.15) is 43.4 Å². The van der Waals surface area contributed by atoms with E-state index in [-0.39, 0.29) is 12.1 Å². The van der Waals surface area contributed by atoms with E-state index in [1.165, 1.54) is 17.5 Å². The Morgan fingerprint density at radius 3 is 2.29 bits per heavy atom. The minimum Gasteiger partial charge on any atom is -0.491 e. The van der Waals surface area contributed by atoms with E-state index in [0.717, 1.165) is 5.75 Å². The van der Waals surface area contributed by atoms with Crippen LogP contribution >= 0.6 is 0 Å². The van der Waals surface area contributed by atoms with Crippen molar-refractivity contribution >= 4 is 0 Å². The maximum atomic E-state index is 6.44. The first-order valence-electron chi connectivity index (χ1n) is 7.72. The number of rotatable bonds is 5. The van der Waals surface area contributed by atoms with Crippen molar-refractivity contribution in [2.24, 2.45) is 11.7 Å². The number of hydrogen-bond acceptors (Lipinski definition) is 2. The van der Waals surface area contributed by atoms with Crippen LogP contribution in [-0.2, 0) is 0 Å². The maximum Gasteiger partial charge on any atom is 0.119 e. The predicted molar refractivity (Wildman–Crippen MR) is 86.4 cm³/mol. The molecule has 0 amide bonds. The van der Waals surface area contributed by atoms with Crippen LogP contribution in [0, 0.1) is 5.92 Å². The zero-order chi connectivity index (χ0) is 14.8. The second-order valence-corrected chi connectivity index (χ2v) is 6.18. The van der Waals surface area contributed by atoms with Crippen molar-refractivity contribution in [3.8, 4) is 5.75 Å². The highest BCUT2D eigenvalue weighted by Crippen LogP contribution is 2.53. The molecule has 1 aliphatic rings. The lowest BCUT2D eigenvalue weighted by atomic mass is 9.99. The third kappa shape index (κ3) is 3.27. The summed E-state index contributed by atoms with van der Waals surface area (Å²) in [5.41, 5.74) is 9.06. The molecule has 0 radical (unpaired) electrons. The van der Waals surface area contributed by atoms with Gasteiger partial charge >= 0.3 is 0 Å². The molecule has 2 aromatic carbocycles. The molecule has 2 N–H and O–H groups in total. The molecular formula is C19H23NO. The molecule has 1 fully saturated rings. The van der Waals surface area contributed by atoms with Gasteiger partial charge < -0.3 is 10.5 Å². The molecule has 0 bridgehead atoms. The third-order valence-electron chi connectivity index (χ3n) is 4.17. The van der Waals surface area contributed by atoms with Gasteiger partial charge in [0.1, 0.15) is 5.75 Å². The molecule has 0 aromatic heterocycles. The largest absolute Gasteiger partial charge is 0.491 e. The summed E-state index contributed by atoms with van der Waals surface area (Å²) in [6.07, 6.45) is 1.39. The first kappa shape index (κ1) is 14.2. The Labute approximate surface area is 126 Å². The van der Waals surface area contributed by atoms with Crippen molar-refractivity contribution in [3.05, 3.63) is 65.7 Å². The van der Waals surface area contributed by atoms with Crippen LogP contribution in [-0.4, -0.2) is 6.10 Å². The van der Waals surface area contributed by atoms with Crippen LogP contribution in [0.2, 0.25) is 0 Å². The topological polar surface area (TPSA) is 35.2 Å². The van der Waals surface area contributed by atoms with Gasteiger partial charge in [0.2, 0.25) is 0 Å². The second-order valence-electron chi connectivity index (χ2n) is 6.18. The minimum absolute atomic E-state index is 0.114. The molecule has 110 valence electrons. The standard InChI is InChI=1S/C19H23NO/c1-13(2)21-16-10-8-15(9-11-16)19(20)18-12-17(18)14-6-4-3-5-7-14/h3-11,13,17-19H,12,20H2,1-2H3. The Kier molecular flexibility index (Phi) is 3.98. The summed E-state index contributed by atoms with van der Waals surface area (Å²) in [4.78, 5) is 0. The maximum absolute atomic E-state index is 6.44. The lowest BCUT2D eigenvalue weighted by Gasteiger charge is -2.14. The van der Waals surface area contributed by atoms with Gasteiger partial charge in [0, 0.05) is 6.04 Å². The zero-order valence-corrected chi connectivity index (χ0v) is 12.7. The summed E-state index contributed by atoms with van der Waals surface area (Å²) >= 11 is 0. The molecule has 0 aliphatic heterocycles. The highest BCUT2D eigenvalue weighted by molar-refractivity contribution is 5.33. The summed E-state index contributed by atoms with van der Waals surface area (Å²) in [7, 11) is 0. The quantitative estimate of drug-likeness (QED) is 0.888. The van der Waals surface area contributed by atoms with E-state index in [1.54, 1.807) is 0 Å². The van der Waals surface area contributed by atoms with Crippen LogP contribution in [0.4, 0.5) is 0 Å². The second kappa shape index (κ2) is 5.90. The first-order valence-corrected chi connectivity index (χ1v) is 7.72. The Bertz CT molecular complexity index is 576. The summed E-state index contributed by atoms with van der Waals surface area (Å²) in [5.74, 6) is 2.09. The van der Waals surface area contributed by atoms with E-state index in [1.807, 2.05) is 26.0 Å². The first-order chi connectivity index (χ1) is 10.1. The fourth-order valence-corrected chi connectivity index (χ4v) is 2.98. The molecule has 1 saturated carbocycles. The van der Waals surface area contributed by atoms with Gasteiger partial charge in [-0.25, -0.2) is 0 Å². The van der Waals surface area contributed by atoms with Gasteiger partial charge in [0.15, 0.2) is 0 Å². The molecular weight excluding hydrogens is 258 g/mol. The van der Waals surface area contributed by atoms with Gasteiger partial charge in [-0.3, -0.25) is 0 Å². The summed E-state index contributed by atoms with van der Waals surface area (Å²) < 4.78 is 5.67. The van der Waals surface area contributed by atoms with E-state index >= 15 is 0 Å². The smallest absolute Gasteiger partial charge is 0.119 e. The number of hydrogen-bond donors (Lipinski definition) is 1. The van der Waals surface area contributed by atoms with Crippen molar-refractivity contribution in [3.63, 3.8) is 0 Å². The zero-order valence-electron chi connectivity index (χ0n) is 12.7. The Morgan fingerprint density at radius 1 is 1.00 bits per heavy atom. The van der Waals surface area contributed by atoms with E-state index in [2.05, 4.69) is 42.5 Å². The highest BCUT2D eigenvalue weighted by atomic mass is 16.5. The summed E-state index contributed by atoms with van der Waals surface area (Å²) in [5, 5.41) is 0. The fourth-order valence-electron chi connectivity index (χ4n) is 2.98. The molecule has 0 saturated heterocycles. The molecule has 2 aromatic rings. The van der Waals surface area contributed by atoms with E-state index < -0.39 is 0 Å². The monoisotopic (exact) mass is 281 g/mol. The van der Waals surface area contributed by atoms with Gasteiger partial charge in [-0.2, -0.15) is 0 Å². The molecule has 3 atom stereocenters. The normalized spacial score (nSPS) is 22.1. The minimum atomic E-state index is 0.114. The van der Waals surface area contributed by atoms with Crippen LogP contribution in [0.15, 0.2) is 54.6 Å². The molecule has 2 nitrogen and oxygen atoms in total. The van der Waals surface area contributed by atoms with Crippen LogP contribution in [0.3, 0.4) is 0 Å². The molecule has 2 heteroatoms. The summed E-state index contributed by atoms with van der Waals surface area (Å²) in [6.45, 7) is 4.07. The van der Waals surface area contributed by atoms with E-state index in [9.17, 15) is 0 Å². The van der Waals surface area contributed by atoms with Crippen molar-refractivity contribution in [1.29, 1.82) is 0 Å². The number of ether oxygens (including phenoxy) is 1. The van der Waals surface area contributed by atoms with E-state index in [0.29, 0.717) is 11.8 Å². The van der Waals surface area contributed by atoms with Gasteiger partial charge in [-0.15, -0.1) is 0 Å². The van der Waals surface area contributed by atoms with Crippen molar-refractivity contribution in [1.82, 2.24) is 0 Å². The van der Waals surface area contributed by atoms with Crippen molar-refractivity contribution < 1.29 is 4.74 Å². The SMILES string of the molecule is CC(C)Oc1ccc(C(N)C2CC2c2ccccc2)cc1. The van der Waals surface area contributed by atoms with Gasteiger partial charge in [0.05, 0.1) is 6.10 Å². The van der Waals surface area contributed by atoms with Crippen LogP contribution in [0.5, 0.6) is 5.75 Å². The van der Waals surface area contributed by atoms with Crippen molar-refractivity contribution in [2.75, 3.05) is 0 Å². The van der Waals surface area contributed by atoms with E-state index in [4.69, 9.17) is 10.5 Å². The predicted octanol–water partition coefficient (Wildman–Crippen LogP) is 4.28.